The average Bonchev–Trinajstić information content (AvgIpc) is 2.78. The molecule has 0 bridgehead atoms. The fraction of sp³-hybridized carbons (Fsp3) is 0.417. The van der Waals surface area contributed by atoms with E-state index >= 15 is 0 Å². The molecule has 0 fully saturated rings. The van der Waals surface area contributed by atoms with E-state index in [-0.39, 0.29) is 11.3 Å². The average molecular weight is 222 g/mol. The quantitative estimate of drug-likeness (QED) is 0.773. The van der Waals surface area contributed by atoms with E-state index in [1.807, 2.05) is 6.92 Å². The summed E-state index contributed by atoms with van der Waals surface area (Å²) < 4.78 is 10.1. The zero-order valence-electron chi connectivity index (χ0n) is 9.37. The van der Waals surface area contributed by atoms with Crippen molar-refractivity contribution in [3.8, 4) is 11.5 Å². The fourth-order valence-corrected chi connectivity index (χ4v) is 1.97. The predicted octanol–water partition coefficient (Wildman–Crippen LogP) is 1.68. The minimum absolute atomic E-state index is 0.00319. The van der Waals surface area contributed by atoms with E-state index in [1.54, 1.807) is 6.07 Å². The summed E-state index contributed by atoms with van der Waals surface area (Å²) in [5, 5.41) is 9.95. The molecule has 0 atom stereocenters. The number of carbonyl (C=O) groups is 1. The highest BCUT2D eigenvalue weighted by molar-refractivity contribution is 5.93. The molecule has 1 N–H and O–H groups in total. The summed E-state index contributed by atoms with van der Waals surface area (Å²) in [5.74, 6) is 0.214. The molecule has 86 valence electrons. The second kappa shape index (κ2) is 4.04. The summed E-state index contributed by atoms with van der Waals surface area (Å²) in [6.07, 6.45) is 1.39. The van der Waals surface area contributed by atoms with Gasteiger partial charge in [0.15, 0.2) is 0 Å². The molecule has 0 aliphatic carbocycles. The lowest BCUT2D eigenvalue weighted by Crippen LogP contribution is -2.04. The lowest BCUT2D eigenvalue weighted by atomic mass is 10.00. The van der Waals surface area contributed by atoms with Crippen molar-refractivity contribution in [3.05, 3.63) is 22.8 Å². The van der Waals surface area contributed by atoms with Gasteiger partial charge in [0.25, 0.3) is 0 Å². The van der Waals surface area contributed by atoms with Crippen LogP contribution in [0.4, 0.5) is 0 Å². The van der Waals surface area contributed by atoms with Crippen molar-refractivity contribution in [3.63, 3.8) is 0 Å². The van der Waals surface area contributed by atoms with Crippen LogP contribution in [-0.2, 0) is 17.6 Å². The Bertz CT molecular complexity index is 437. The van der Waals surface area contributed by atoms with Crippen molar-refractivity contribution in [1.82, 2.24) is 0 Å². The Morgan fingerprint density at radius 1 is 1.62 bits per heavy atom. The van der Waals surface area contributed by atoms with Crippen molar-refractivity contribution < 1.29 is 19.4 Å². The Morgan fingerprint density at radius 2 is 2.38 bits per heavy atom. The highest BCUT2D eigenvalue weighted by Gasteiger charge is 2.25. The summed E-state index contributed by atoms with van der Waals surface area (Å²) in [4.78, 5) is 11.5. The summed E-state index contributed by atoms with van der Waals surface area (Å²) >= 11 is 0. The van der Waals surface area contributed by atoms with Crippen molar-refractivity contribution in [2.75, 3.05) is 13.7 Å². The Labute approximate surface area is 93.8 Å². The van der Waals surface area contributed by atoms with Gasteiger partial charge >= 0.3 is 5.97 Å². The zero-order valence-corrected chi connectivity index (χ0v) is 9.37. The fourth-order valence-electron chi connectivity index (χ4n) is 1.97. The number of ether oxygens (including phenoxy) is 2. The number of fused-ring (bicyclic) bond motifs is 1. The van der Waals surface area contributed by atoms with E-state index < -0.39 is 5.97 Å². The molecule has 4 heteroatoms. The van der Waals surface area contributed by atoms with Gasteiger partial charge in [0.2, 0.25) is 0 Å². The van der Waals surface area contributed by atoms with Crippen molar-refractivity contribution in [2.45, 2.75) is 19.8 Å². The molecule has 1 aromatic carbocycles. The van der Waals surface area contributed by atoms with Crippen LogP contribution >= 0.6 is 0 Å². The monoisotopic (exact) mass is 222 g/mol. The summed E-state index contributed by atoms with van der Waals surface area (Å²) in [6.45, 7) is 2.54. The molecule has 1 aliphatic heterocycles. The summed E-state index contributed by atoms with van der Waals surface area (Å²) in [7, 11) is 1.30. The number of phenolic OH excluding ortho intramolecular Hbond substituents is 1. The number of hydrogen-bond acceptors (Lipinski definition) is 4. The van der Waals surface area contributed by atoms with Gasteiger partial charge in [0.1, 0.15) is 17.1 Å². The first-order valence-corrected chi connectivity index (χ1v) is 5.27. The van der Waals surface area contributed by atoms with E-state index in [0.29, 0.717) is 13.0 Å². The molecule has 0 saturated heterocycles. The Morgan fingerprint density at radius 3 is 3.00 bits per heavy atom. The van der Waals surface area contributed by atoms with E-state index in [9.17, 15) is 9.90 Å². The molecule has 4 nitrogen and oxygen atoms in total. The third-order valence-corrected chi connectivity index (χ3v) is 2.81. The van der Waals surface area contributed by atoms with Gasteiger partial charge in [0.05, 0.1) is 13.7 Å². The van der Waals surface area contributed by atoms with Crippen LogP contribution in [0, 0.1) is 0 Å². The topological polar surface area (TPSA) is 55.8 Å². The van der Waals surface area contributed by atoms with Crippen molar-refractivity contribution in [2.24, 2.45) is 0 Å². The minimum atomic E-state index is -0.512. The lowest BCUT2D eigenvalue weighted by Gasteiger charge is -2.11. The third-order valence-electron chi connectivity index (χ3n) is 2.81. The Kier molecular flexibility index (Phi) is 2.73. The molecular weight excluding hydrogens is 208 g/mol. The van der Waals surface area contributed by atoms with Crippen LogP contribution < -0.4 is 4.74 Å². The van der Waals surface area contributed by atoms with Crippen molar-refractivity contribution in [1.29, 1.82) is 0 Å². The zero-order chi connectivity index (χ0) is 11.7. The number of methoxy groups -OCH3 is 1. The molecule has 0 aromatic heterocycles. The molecule has 0 radical (unpaired) electrons. The van der Waals surface area contributed by atoms with Gasteiger partial charge in [-0.15, -0.1) is 0 Å². The first kappa shape index (κ1) is 10.8. The SMILES string of the molecule is CCc1cc(C(=O)OC)c(O)c2c1OCC2. The molecule has 1 aliphatic rings. The summed E-state index contributed by atoms with van der Waals surface area (Å²) in [5.41, 5.74) is 1.88. The lowest BCUT2D eigenvalue weighted by molar-refractivity contribution is 0.0597. The molecule has 0 spiro atoms. The normalized spacial score (nSPS) is 13.1. The Hall–Kier alpha value is -1.71. The number of hydrogen-bond donors (Lipinski definition) is 1. The van der Waals surface area contributed by atoms with Crippen LogP contribution in [0.2, 0.25) is 0 Å². The predicted molar refractivity (Wildman–Crippen MR) is 58.0 cm³/mol. The van der Waals surface area contributed by atoms with E-state index in [4.69, 9.17) is 4.74 Å². The van der Waals surface area contributed by atoms with E-state index in [0.717, 1.165) is 23.3 Å². The molecule has 16 heavy (non-hydrogen) atoms. The van der Waals surface area contributed by atoms with Gasteiger partial charge in [-0.1, -0.05) is 6.92 Å². The number of rotatable bonds is 2. The van der Waals surface area contributed by atoms with Crippen LogP contribution in [0.5, 0.6) is 11.5 Å². The standard InChI is InChI=1S/C12H14O4/c1-3-7-6-9(12(14)15-2)10(13)8-4-5-16-11(7)8/h6,13H,3-5H2,1-2H3. The number of carbonyl (C=O) groups excluding carboxylic acids is 1. The van der Waals surface area contributed by atoms with E-state index in [1.165, 1.54) is 7.11 Å². The Balaban J connectivity index is 2.60. The largest absolute Gasteiger partial charge is 0.507 e. The van der Waals surface area contributed by atoms with Crippen LogP contribution in [0.1, 0.15) is 28.4 Å². The first-order chi connectivity index (χ1) is 7.69. The molecule has 0 amide bonds. The number of esters is 1. The van der Waals surface area contributed by atoms with Gasteiger partial charge < -0.3 is 14.6 Å². The molecule has 0 unspecified atom stereocenters. The van der Waals surface area contributed by atoms with Gasteiger partial charge in [-0.05, 0) is 18.1 Å². The maximum absolute atomic E-state index is 11.5. The van der Waals surface area contributed by atoms with Crippen LogP contribution in [0.3, 0.4) is 0 Å². The van der Waals surface area contributed by atoms with Gasteiger partial charge in [-0.2, -0.15) is 0 Å². The maximum Gasteiger partial charge on any atom is 0.341 e. The molecule has 1 aromatic rings. The van der Waals surface area contributed by atoms with Crippen molar-refractivity contribution >= 4 is 5.97 Å². The second-order valence-electron chi connectivity index (χ2n) is 3.68. The maximum atomic E-state index is 11.5. The molecular formula is C12H14O4. The number of aryl methyl sites for hydroxylation is 1. The van der Waals surface area contributed by atoms with Gasteiger partial charge in [-0.3, -0.25) is 0 Å². The number of benzene rings is 1. The molecule has 0 saturated carbocycles. The second-order valence-corrected chi connectivity index (χ2v) is 3.68. The van der Waals surface area contributed by atoms with Crippen LogP contribution in [0.25, 0.3) is 0 Å². The molecule has 2 rings (SSSR count). The van der Waals surface area contributed by atoms with Gasteiger partial charge in [-0.25, -0.2) is 4.79 Å². The first-order valence-electron chi connectivity index (χ1n) is 5.27. The van der Waals surface area contributed by atoms with Gasteiger partial charge in [0, 0.05) is 12.0 Å². The van der Waals surface area contributed by atoms with Crippen LogP contribution in [0.15, 0.2) is 6.07 Å². The third kappa shape index (κ3) is 1.50. The van der Waals surface area contributed by atoms with Crippen LogP contribution in [-0.4, -0.2) is 24.8 Å². The summed E-state index contributed by atoms with van der Waals surface area (Å²) in [6, 6.07) is 1.64. The number of aromatic hydroxyl groups is 1. The highest BCUT2D eigenvalue weighted by Crippen LogP contribution is 2.39. The van der Waals surface area contributed by atoms with E-state index in [2.05, 4.69) is 4.74 Å². The minimum Gasteiger partial charge on any atom is -0.507 e. The smallest absolute Gasteiger partial charge is 0.341 e. The molecule has 1 heterocycles. The highest BCUT2D eigenvalue weighted by atomic mass is 16.5. The number of phenols is 1.